The highest BCUT2D eigenvalue weighted by atomic mass is 19.1. The molecule has 2 atom stereocenters. The van der Waals surface area contributed by atoms with E-state index in [1.54, 1.807) is 24.1 Å². The summed E-state index contributed by atoms with van der Waals surface area (Å²) in [7, 11) is 1.63. The van der Waals surface area contributed by atoms with Crippen molar-refractivity contribution in [3.05, 3.63) is 83.7 Å². The first-order valence-corrected chi connectivity index (χ1v) is 15.2. The van der Waals surface area contributed by atoms with Gasteiger partial charge in [0.1, 0.15) is 23.1 Å². The number of carbonyl (C=O) groups excluding carboxylic acids is 1. The van der Waals surface area contributed by atoms with Gasteiger partial charge in [0.2, 0.25) is 0 Å². The Morgan fingerprint density at radius 3 is 2.38 bits per heavy atom. The maximum atomic E-state index is 13.0. The summed E-state index contributed by atoms with van der Waals surface area (Å²) in [5.41, 5.74) is 2.61. The Morgan fingerprint density at radius 1 is 0.978 bits per heavy atom. The third kappa shape index (κ3) is 8.64. The molecule has 0 aliphatic carbocycles. The number of likely N-dealkylation sites (tertiary alicyclic amines) is 1. The third-order valence-electron chi connectivity index (χ3n) is 7.94. The van der Waals surface area contributed by atoms with Crippen LogP contribution in [0.5, 0.6) is 17.2 Å². The zero-order valence-electron chi connectivity index (χ0n) is 25.4. The predicted octanol–water partition coefficient (Wildman–Crippen LogP) is 5.49. The monoisotopic (exact) mass is 622 g/mol. The Kier molecular flexibility index (Phi) is 11.1. The number of carbonyl (C=O) groups is 2. The van der Waals surface area contributed by atoms with Crippen LogP contribution in [0.15, 0.2) is 66.7 Å². The average Bonchev–Trinajstić information content (AvgIpc) is 3.05. The van der Waals surface area contributed by atoms with Crippen molar-refractivity contribution in [3.8, 4) is 17.2 Å². The van der Waals surface area contributed by atoms with Gasteiger partial charge in [0.05, 0.1) is 38.2 Å². The smallest absolute Gasteiger partial charge is 0.407 e. The van der Waals surface area contributed by atoms with Gasteiger partial charge in [-0.25, -0.2) is 9.18 Å². The molecule has 0 radical (unpaired) electrons. The summed E-state index contributed by atoms with van der Waals surface area (Å²) < 4.78 is 41.7. The summed E-state index contributed by atoms with van der Waals surface area (Å²) in [5, 5.41) is 9.68. The summed E-state index contributed by atoms with van der Waals surface area (Å²) in [4.78, 5) is 27.5. The molecular formula is C34H39FN2O8. The number of methoxy groups -OCH3 is 1. The summed E-state index contributed by atoms with van der Waals surface area (Å²) in [6, 6.07) is 19.4. The number of piperidine rings is 1. The second kappa shape index (κ2) is 15.6. The standard InChI is InChI=1S/C34H39FN2O8/c1-41-17-2-15-37-30-20-24(4-13-31(30)45-23-33(37)38)22-44-32-21-36(34(39)40)16-14-29(32)25-5-9-27(10-6-25)42-18-3-19-43-28-11-7-26(35)8-12-28/h4-13,20,29,32H,2-3,14-19,21-23H2,1H3,(H,39,40). The molecule has 2 aliphatic rings. The van der Waals surface area contributed by atoms with Gasteiger partial charge in [-0.05, 0) is 72.5 Å². The second-order valence-corrected chi connectivity index (χ2v) is 11.0. The lowest BCUT2D eigenvalue weighted by atomic mass is 9.87. The lowest BCUT2D eigenvalue weighted by Gasteiger charge is -2.37. The molecule has 0 saturated carbocycles. The molecule has 240 valence electrons. The van der Waals surface area contributed by atoms with Crippen molar-refractivity contribution in [2.24, 2.45) is 0 Å². The van der Waals surface area contributed by atoms with Crippen molar-refractivity contribution in [2.75, 3.05) is 58.1 Å². The summed E-state index contributed by atoms with van der Waals surface area (Å²) in [6.45, 7) is 2.91. The van der Waals surface area contributed by atoms with Gasteiger partial charge in [-0.3, -0.25) is 4.79 Å². The van der Waals surface area contributed by atoms with Gasteiger partial charge in [0.15, 0.2) is 6.61 Å². The van der Waals surface area contributed by atoms with Gasteiger partial charge in [0.25, 0.3) is 5.91 Å². The first-order valence-electron chi connectivity index (χ1n) is 15.2. The molecule has 0 bridgehead atoms. The number of hydrogen-bond acceptors (Lipinski definition) is 7. The lowest BCUT2D eigenvalue weighted by molar-refractivity contribution is -0.121. The molecule has 5 rings (SSSR count). The van der Waals surface area contributed by atoms with Crippen LogP contribution >= 0.6 is 0 Å². The van der Waals surface area contributed by atoms with E-state index in [-0.39, 0.29) is 43.5 Å². The van der Waals surface area contributed by atoms with Crippen LogP contribution in [-0.2, 0) is 20.9 Å². The maximum Gasteiger partial charge on any atom is 0.407 e. The number of anilines is 1. The Morgan fingerprint density at radius 2 is 1.69 bits per heavy atom. The Balaban J connectivity index is 1.18. The SMILES string of the molecule is COCCCN1C(=O)COc2ccc(COC3CN(C(=O)O)CCC3c3ccc(OCCCOc4ccc(F)cc4)cc3)cc21. The number of halogens is 1. The van der Waals surface area contributed by atoms with Crippen LogP contribution in [0.4, 0.5) is 14.9 Å². The van der Waals surface area contributed by atoms with Crippen molar-refractivity contribution in [1.29, 1.82) is 0 Å². The van der Waals surface area contributed by atoms with E-state index < -0.39 is 6.09 Å². The molecular weight excluding hydrogens is 583 g/mol. The third-order valence-corrected chi connectivity index (χ3v) is 7.94. The van der Waals surface area contributed by atoms with Crippen LogP contribution in [0.3, 0.4) is 0 Å². The predicted molar refractivity (Wildman–Crippen MR) is 165 cm³/mol. The number of fused-ring (bicyclic) bond motifs is 1. The molecule has 11 heteroatoms. The number of nitrogens with zero attached hydrogens (tertiary/aromatic N) is 2. The summed E-state index contributed by atoms with van der Waals surface area (Å²) in [5.74, 6) is 1.57. The Hall–Kier alpha value is -4.35. The molecule has 1 N–H and O–H groups in total. The number of carboxylic acid groups (broad SMARTS) is 1. The van der Waals surface area contributed by atoms with E-state index in [9.17, 15) is 19.1 Å². The molecule has 2 aliphatic heterocycles. The van der Waals surface area contributed by atoms with Crippen LogP contribution in [0, 0.1) is 5.82 Å². The molecule has 2 amide bonds. The molecule has 10 nitrogen and oxygen atoms in total. The van der Waals surface area contributed by atoms with Crippen molar-refractivity contribution < 1.29 is 42.8 Å². The number of hydrogen-bond donors (Lipinski definition) is 1. The Bertz CT molecular complexity index is 1420. The first-order chi connectivity index (χ1) is 21.9. The van der Waals surface area contributed by atoms with Gasteiger partial charge in [-0.15, -0.1) is 0 Å². The molecule has 1 fully saturated rings. The number of amides is 2. The molecule has 0 aromatic heterocycles. The maximum absolute atomic E-state index is 13.0. The zero-order chi connectivity index (χ0) is 31.6. The normalized spacial score (nSPS) is 17.9. The van der Waals surface area contributed by atoms with E-state index >= 15 is 0 Å². The van der Waals surface area contributed by atoms with Crippen LogP contribution < -0.4 is 19.1 Å². The number of rotatable bonds is 14. The highest BCUT2D eigenvalue weighted by Crippen LogP contribution is 2.35. The van der Waals surface area contributed by atoms with Crippen LogP contribution in [-0.4, -0.2) is 81.3 Å². The molecule has 2 unspecified atom stereocenters. The van der Waals surface area contributed by atoms with Crippen molar-refractivity contribution in [1.82, 2.24) is 4.90 Å². The van der Waals surface area contributed by atoms with Crippen LogP contribution in [0.1, 0.15) is 36.3 Å². The zero-order valence-corrected chi connectivity index (χ0v) is 25.4. The fourth-order valence-electron chi connectivity index (χ4n) is 5.57. The minimum atomic E-state index is -0.967. The van der Waals surface area contributed by atoms with E-state index in [4.69, 9.17) is 23.7 Å². The quantitative estimate of drug-likeness (QED) is 0.236. The minimum Gasteiger partial charge on any atom is -0.493 e. The molecule has 2 heterocycles. The fourth-order valence-corrected chi connectivity index (χ4v) is 5.57. The van der Waals surface area contributed by atoms with Crippen molar-refractivity contribution in [2.45, 2.75) is 37.9 Å². The van der Waals surface area contributed by atoms with Gasteiger partial charge < -0.3 is 38.6 Å². The first kappa shape index (κ1) is 32.1. The van der Waals surface area contributed by atoms with E-state index in [1.165, 1.54) is 17.0 Å². The minimum absolute atomic E-state index is 0.000368. The number of benzene rings is 3. The van der Waals surface area contributed by atoms with E-state index in [0.29, 0.717) is 69.4 Å². The highest BCUT2D eigenvalue weighted by Gasteiger charge is 2.33. The van der Waals surface area contributed by atoms with Gasteiger partial charge in [-0.2, -0.15) is 0 Å². The van der Waals surface area contributed by atoms with Crippen LogP contribution in [0.25, 0.3) is 0 Å². The molecule has 3 aromatic carbocycles. The van der Waals surface area contributed by atoms with E-state index in [2.05, 4.69) is 0 Å². The van der Waals surface area contributed by atoms with Gasteiger partial charge >= 0.3 is 6.09 Å². The largest absolute Gasteiger partial charge is 0.493 e. The lowest BCUT2D eigenvalue weighted by Crippen LogP contribution is -2.46. The topological polar surface area (TPSA) is 107 Å². The molecule has 3 aromatic rings. The number of ether oxygens (including phenoxy) is 5. The summed E-state index contributed by atoms with van der Waals surface area (Å²) in [6.07, 6.45) is 0.656. The molecule has 1 saturated heterocycles. The fraction of sp³-hybridized carbons (Fsp3) is 0.412. The van der Waals surface area contributed by atoms with Crippen molar-refractivity contribution in [3.63, 3.8) is 0 Å². The highest BCUT2D eigenvalue weighted by molar-refractivity contribution is 5.97. The molecule has 45 heavy (non-hydrogen) atoms. The van der Waals surface area contributed by atoms with Crippen LogP contribution in [0.2, 0.25) is 0 Å². The van der Waals surface area contributed by atoms with E-state index in [0.717, 1.165) is 16.9 Å². The second-order valence-electron chi connectivity index (χ2n) is 11.0. The van der Waals surface area contributed by atoms with Gasteiger partial charge in [-0.1, -0.05) is 18.2 Å². The van der Waals surface area contributed by atoms with Gasteiger partial charge in [0, 0.05) is 39.1 Å². The summed E-state index contributed by atoms with van der Waals surface area (Å²) >= 11 is 0. The van der Waals surface area contributed by atoms with E-state index in [1.807, 2.05) is 42.5 Å². The molecule has 0 spiro atoms. The average molecular weight is 623 g/mol. The Labute approximate surface area is 262 Å². The van der Waals surface area contributed by atoms with Crippen molar-refractivity contribution >= 4 is 17.7 Å².